The number of ether oxygens (including phenoxy) is 1. The van der Waals surface area contributed by atoms with Gasteiger partial charge in [-0.3, -0.25) is 4.79 Å². The van der Waals surface area contributed by atoms with Gasteiger partial charge in [-0.05, 0) is 51.6 Å². The van der Waals surface area contributed by atoms with Crippen molar-refractivity contribution in [3.8, 4) is 5.75 Å². The van der Waals surface area contributed by atoms with E-state index in [0.29, 0.717) is 6.54 Å². The van der Waals surface area contributed by atoms with Crippen LogP contribution in [0.2, 0.25) is 0 Å². The van der Waals surface area contributed by atoms with Gasteiger partial charge < -0.3 is 10.1 Å². The Labute approximate surface area is 130 Å². The molecule has 1 aromatic heterocycles. The van der Waals surface area contributed by atoms with Gasteiger partial charge in [0.05, 0.1) is 6.54 Å². The molecule has 0 fully saturated rings. The zero-order valence-corrected chi connectivity index (χ0v) is 12.8. The van der Waals surface area contributed by atoms with Gasteiger partial charge in [-0.15, -0.1) is 24.5 Å². The molecule has 1 N–H and O–H groups in total. The van der Waals surface area contributed by atoms with Crippen LogP contribution >= 0.6 is 27.3 Å². The highest BCUT2D eigenvalue weighted by Crippen LogP contribution is 2.24. The van der Waals surface area contributed by atoms with Crippen molar-refractivity contribution in [3.05, 3.63) is 50.6 Å². The quantitative estimate of drug-likeness (QED) is 0.857. The molecule has 2 rings (SSSR count). The molecule has 0 saturated heterocycles. The van der Waals surface area contributed by atoms with Crippen LogP contribution in [0.25, 0.3) is 0 Å². The number of carbonyl (C=O) groups is 1. The summed E-state index contributed by atoms with van der Waals surface area (Å²) in [7, 11) is 0. The molecule has 21 heavy (non-hydrogen) atoms. The average molecular weight is 380 g/mol. The molecule has 0 aliphatic carbocycles. The minimum absolute atomic E-state index is 0.261. The van der Waals surface area contributed by atoms with Crippen molar-refractivity contribution in [3.63, 3.8) is 0 Å². The number of rotatable bonds is 4. The van der Waals surface area contributed by atoms with Gasteiger partial charge in [-0.1, -0.05) is 0 Å². The molecule has 1 heterocycles. The average Bonchev–Trinajstić information content (AvgIpc) is 2.80. The molecular formula is C13H9BrF3NO2S. The van der Waals surface area contributed by atoms with Gasteiger partial charge in [0.15, 0.2) is 0 Å². The molecule has 0 radical (unpaired) electrons. The fraction of sp³-hybridized carbons (Fsp3) is 0.154. The van der Waals surface area contributed by atoms with Gasteiger partial charge in [-0.2, -0.15) is 0 Å². The molecule has 0 aliphatic rings. The van der Waals surface area contributed by atoms with E-state index in [1.165, 1.54) is 23.5 Å². The lowest BCUT2D eigenvalue weighted by Gasteiger charge is -2.09. The predicted octanol–water partition coefficient (Wildman–Crippen LogP) is 4.34. The van der Waals surface area contributed by atoms with E-state index in [4.69, 9.17) is 0 Å². The molecule has 112 valence electrons. The van der Waals surface area contributed by atoms with Crippen LogP contribution in [0.1, 0.15) is 15.2 Å². The minimum Gasteiger partial charge on any atom is -0.406 e. The Morgan fingerprint density at radius 3 is 2.43 bits per heavy atom. The van der Waals surface area contributed by atoms with Gasteiger partial charge in [0.25, 0.3) is 5.91 Å². The van der Waals surface area contributed by atoms with Crippen molar-refractivity contribution in [1.29, 1.82) is 0 Å². The van der Waals surface area contributed by atoms with Crippen molar-refractivity contribution < 1.29 is 22.7 Å². The first kappa shape index (κ1) is 15.8. The van der Waals surface area contributed by atoms with E-state index in [2.05, 4.69) is 26.0 Å². The van der Waals surface area contributed by atoms with E-state index < -0.39 is 6.36 Å². The van der Waals surface area contributed by atoms with Gasteiger partial charge in [0.2, 0.25) is 0 Å². The summed E-state index contributed by atoms with van der Waals surface area (Å²) in [5, 5.41) is 4.57. The zero-order chi connectivity index (χ0) is 15.5. The lowest BCUT2D eigenvalue weighted by atomic mass is 10.2. The normalized spacial score (nSPS) is 11.2. The summed E-state index contributed by atoms with van der Waals surface area (Å²) >= 11 is 4.84. The van der Waals surface area contributed by atoms with Gasteiger partial charge in [0.1, 0.15) is 5.75 Å². The number of alkyl halides is 3. The first-order valence-corrected chi connectivity index (χ1v) is 7.38. The lowest BCUT2D eigenvalue weighted by Crippen LogP contribution is -2.22. The Morgan fingerprint density at radius 2 is 1.90 bits per heavy atom. The predicted molar refractivity (Wildman–Crippen MR) is 76.3 cm³/mol. The second-order valence-electron chi connectivity index (χ2n) is 3.95. The number of hydrogen-bond acceptors (Lipinski definition) is 3. The Bertz CT molecular complexity index is 625. The topological polar surface area (TPSA) is 38.3 Å². The SMILES string of the molecule is O=C(NCc1sccc1Br)c1ccc(OC(F)(F)F)cc1. The number of benzene rings is 1. The summed E-state index contributed by atoms with van der Waals surface area (Å²) in [6.07, 6.45) is -4.74. The maximum atomic E-state index is 12.0. The van der Waals surface area contributed by atoms with E-state index in [1.807, 2.05) is 11.4 Å². The highest BCUT2D eigenvalue weighted by atomic mass is 79.9. The number of nitrogens with one attached hydrogen (secondary N) is 1. The Kier molecular flexibility index (Phi) is 4.89. The van der Waals surface area contributed by atoms with Gasteiger partial charge in [-0.25, -0.2) is 0 Å². The van der Waals surface area contributed by atoms with Crippen LogP contribution in [-0.2, 0) is 6.54 Å². The van der Waals surface area contributed by atoms with Crippen molar-refractivity contribution in [2.75, 3.05) is 0 Å². The van der Waals surface area contributed by atoms with Crippen molar-refractivity contribution in [2.45, 2.75) is 12.9 Å². The monoisotopic (exact) mass is 379 g/mol. The van der Waals surface area contributed by atoms with Crippen LogP contribution in [0.15, 0.2) is 40.2 Å². The summed E-state index contributed by atoms with van der Waals surface area (Å²) in [4.78, 5) is 12.8. The van der Waals surface area contributed by atoms with Crippen LogP contribution in [0.4, 0.5) is 13.2 Å². The summed E-state index contributed by atoms with van der Waals surface area (Å²) < 4.78 is 40.7. The molecule has 0 atom stereocenters. The summed E-state index contributed by atoms with van der Waals surface area (Å²) in [5.74, 6) is -0.728. The van der Waals surface area contributed by atoms with E-state index in [1.54, 1.807) is 0 Å². The van der Waals surface area contributed by atoms with Crippen molar-refractivity contribution in [1.82, 2.24) is 5.32 Å². The minimum atomic E-state index is -4.74. The standard InChI is InChI=1S/C13H9BrF3NO2S/c14-10-5-6-21-11(10)7-18-12(19)8-1-3-9(4-2-8)20-13(15,16)17/h1-6H,7H2,(H,18,19). The second kappa shape index (κ2) is 6.48. The fourth-order valence-electron chi connectivity index (χ4n) is 1.52. The molecule has 0 bridgehead atoms. The third-order valence-corrected chi connectivity index (χ3v) is 4.38. The highest BCUT2D eigenvalue weighted by molar-refractivity contribution is 9.10. The molecule has 1 aromatic carbocycles. The van der Waals surface area contributed by atoms with Gasteiger partial charge >= 0.3 is 6.36 Å². The summed E-state index contributed by atoms with van der Waals surface area (Å²) in [6.45, 7) is 0.345. The lowest BCUT2D eigenvalue weighted by molar-refractivity contribution is -0.274. The molecule has 0 unspecified atom stereocenters. The number of thiophene rings is 1. The Balaban J connectivity index is 1.95. The maximum absolute atomic E-state index is 12.0. The van der Waals surface area contributed by atoms with Crippen LogP contribution in [0.3, 0.4) is 0 Å². The summed E-state index contributed by atoms with van der Waals surface area (Å²) in [5.41, 5.74) is 0.261. The van der Waals surface area contributed by atoms with Crippen LogP contribution < -0.4 is 10.1 Å². The molecule has 1 amide bonds. The fourth-order valence-corrected chi connectivity index (χ4v) is 2.95. The molecular weight excluding hydrogens is 371 g/mol. The Hall–Kier alpha value is -1.54. The second-order valence-corrected chi connectivity index (χ2v) is 5.80. The molecule has 0 saturated carbocycles. The van der Waals surface area contributed by atoms with E-state index >= 15 is 0 Å². The van der Waals surface area contributed by atoms with Crippen LogP contribution in [0.5, 0.6) is 5.75 Å². The number of amides is 1. The number of carbonyl (C=O) groups excluding carboxylic acids is 1. The highest BCUT2D eigenvalue weighted by Gasteiger charge is 2.31. The van der Waals surface area contributed by atoms with Crippen LogP contribution in [0, 0.1) is 0 Å². The summed E-state index contributed by atoms with van der Waals surface area (Å²) in [6, 6.07) is 6.63. The molecule has 0 spiro atoms. The first-order chi connectivity index (χ1) is 9.85. The number of hydrogen-bond donors (Lipinski definition) is 1. The van der Waals surface area contributed by atoms with Crippen LogP contribution in [-0.4, -0.2) is 12.3 Å². The molecule has 2 aromatic rings. The van der Waals surface area contributed by atoms with Crippen molar-refractivity contribution in [2.24, 2.45) is 0 Å². The molecule has 0 aliphatic heterocycles. The van der Waals surface area contributed by atoms with Gasteiger partial charge in [0, 0.05) is 14.9 Å². The van der Waals surface area contributed by atoms with E-state index in [0.717, 1.165) is 21.5 Å². The Morgan fingerprint density at radius 1 is 1.24 bits per heavy atom. The number of halogens is 4. The third-order valence-electron chi connectivity index (χ3n) is 2.45. The van der Waals surface area contributed by atoms with E-state index in [9.17, 15) is 18.0 Å². The molecule has 8 heteroatoms. The smallest absolute Gasteiger partial charge is 0.406 e. The zero-order valence-electron chi connectivity index (χ0n) is 10.4. The third kappa shape index (κ3) is 4.75. The molecule has 3 nitrogen and oxygen atoms in total. The largest absolute Gasteiger partial charge is 0.573 e. The van der Waals surface area contributed by atoms with Crippen molar-refractivity contribution >= 4 is 33.2 Å². The first-order valence-electron chi connectivity index (χ1n) is 5.71. The van der Waals surface area contributed by atoms with E-state index in [-0.39, 0.29) is 17.2 Å². The maximum Gasteiger partial charge on any atom is 0.573 e.